The molecule has 0 saturated carbocycles. The van der Waals surface area contributed by atoms with Crippen LogP contribution in [-0.2, 0) is 0 Å². The lowest BCUT2D eigenvalue weighted by atomic mass is 10.1. The number of nitrogens with zero attached hydrogens (tertiary/aromatic N) is 1. The molecule has 2 nitrogen and oxygen atoms in total. The first-order valence-electron chi connectivity index (χ1n) is 5.91. The Bertz CT molecular complexity index is 180. The van der Waals surface area contributed by atoms with Gasteiger partial charge in [-0.2, -0.15) is 11.8 Å². The molecular formula is C11H22N2S. The standard InChI is InChI=1S/C11H22N2S/c1-3-13(10-4-6-12-8-10)11-5-7-14-9(11)2/h9-12H,3-8H2,1-2H3. The van der Waals surface area contributed by atoms with E-state index in [2.05, 4.69) is 35.8 Å². The molecule has 2 heterocycles. The Morgan fingerprint density at radius 2 is 2.29 bits per heavy atom. The van der Waals surface area contributed by atoms with Crippen LogP contribution in [0.5, 0.6) is 0 Å². The fourth-order valence-corrected chi connectivity index (χ4v) is 4.11. The van der Waals surface area contributed by atoms with E-state index in [9.17, 15) is 0 Å². The molecule has 0 aromatic carbocycles. The van der Waals surface area contributed by atoms with Gasteiger partial charge in [0, 0.05) is 23.9 Å². The van der Waals surface area contributed by atoms with Crippen molar-refractivity contribution in [1.82, 2.24) is 10.2 Å². The monoisotopic (exact) mass is 214 g/mol. The topological polar surface area (TPSA) is 15.3 Å². The number of likely N-dealkylation sites (N-methyl/N-ethyl adjacent to an activating group) is 1. The van der Waals surface area contributed by atoms with E-state index in [-0.39, 0.29) is 0 Å². The summed E-state index contributed by atoms with van der Waals surface area (Å²) in [6, 6.07) is 1.65. The average Bonchev–Trinajstić information content (AvgIpc) is 2.80. The first-order valence-corrected chi connectivity index (χ1v) is 6.96. The molecule has 0 radical (unpaired) electrons. The van der Waals surface area contributed by atoms with Gasteiger partial charge >= 0.3 is 0 Å². The lowest BCUT2D eigenvalue weighted by Crippen LogP contribution is -2.46. The van der Waals surface area contributed by atoms with E-state index in [0.717, 1.165) is 17.3 Å². The Morgan fingerprint density at radius 1 is 1.43 bits per heavy atom. The summed E-state index contributed by atoms with van der Waals surface area (Å²) >= 11 is 2.15. The number of hydrogen-bond donors (Lipinski definition) is 1. The highest BCUT2D eigenvalue weighted by molar-refractivity contribution is 8.00. The summed E-state index contributed by atoms with van der Waals surface area (Å²) in [5.74, 6) is 1.36. The molecule has 2 fully saturated rings. The van der Waals surface area contributed by atoms with Crippen LogP contribution in [0.25, 0.3) is 0 Å². The molecule has 0 spiro atoms. The maximum Gasteiger partial charge on any atom is 0.0235 e. The van der Waals surface area contributed by atoms with Crippen LogP contribution < -0.4 is 5.32 Å². The van der Waals surface area contributed by atoms with E-state index in [1.165, 1.54) is 38.2 Å². The van der Waals surface area contributed by atoms with Crippen molar-refractivity contribution in [3.63, 3.8) is 0 Å². The van der Waals surface area contributed by atoms with Gasteiger partial charge in [0.05, 0.1) is 0 Å². The van der Waals surface area contributed by atoms with Gasteiger partial charge in [-0.1, -0.05) is 13.8 Å². The second-order valence-electron chi connectivity index (χ2n) is 4.41. The van der Waals surface area contributed by atoms with E-state index in [1.807, 2.05) is 0 Å². The summed E-state index contributed by atoms with van der Waals surface area (Å²) in [6.45, 7) is 8.36. The van der Waals surface area contributed by atoms with Gasteiger partial charge in [-0.3, -0.25) is 4.90 Å². The van der Waals surface area contributed by atoms with Gasteiger partial charge in [-0.15, -0.1) is 0 Å². The van der Waals surface area contributed by atoms with Crippen LogP contribution in [0.4, 0.5) is 0 Å². The molecule has 0 aromatic heterocycles. The van der Waals surface area contributed by atoms with Gasteiger partial charge in [0.15, 0.2) is 0 Å². The van der Waals surface area contributed by atoms with Gasteiger partial charge in [-0.25, -0.2) is 0 Å². The van der Waals surface area contributed by atoms with Gasteiger partial charge in [-0.05, 0) is 31.7 Å². The van der Waals surface area contributed by atoms with Crippen molar-refractivity contribution in [2.45, 2.75) is 44.0 Å². The molecule has 2 aliphatic rings. The van der Waals surface area contributed by atoms with E-state index in [4.69, 9.17) is 0 Å². The summed E-state index contributed by atoms with van der Waals surface area (Å²) in [5.41, 5.74) is 0. The fourth-order valence-electron chi connectivity index (χ4n) is 2.84. The highest BCUT2D eigenvalue weighted by Gasteiger charge is 2.33. The van der Waals surface area contributed by atoms with Crippen molar-refractivity contribution in [2.75, 3.05) is 25.4 Å². The Morgan fingerprint density at radius 3 is 2.79 bits per heavy atom. The predicted octanol–water partition coefficient (Wildman–Crippen LogP) is 1.56. The largest absolute Gasteiger partial charge is 0.315 e. The van der Waals surface area contributed by atoms with E-state index < -0.39 is 0 Å². The Hall–Kier alpha value is 0.270. The highest BCUT2D eigenvalue weighted by atomic mass is 32.2. The van der Waals surface area contributed by atoms with Crippen LogP contribution in [0.1, 0.15) is 26.7 Å². The molecule has 2 rings (SSSR count). The Kier molecular flexibility index (Phi) is 3.74. The molecule has 14 heavy (non-hydrogen) atoms. The zero-order valence-corrected chi connectivity index (χ0v) is 10.1. The second-order valence-corrected chi connectivity index (χ2v) is 5.89. The van der Waals surface area contributed by atoms with Crippen LogP contribution in [-0.4, -0.2) is 47.6 Å². The molecule has 0 aliphatic carbocycles. The minimum Gasteiger partial charge on any atom is -0.315 e. The smallest absolute Gasteiger partial charge is 0.0235 e. The molecule has 3 unspecified atom stereocenters. The van der Waals surface area contributed by atoms with Crippen LogP contribution >= 0.6 is 11.8 Å². The summed E-state index contributed by atoms with van der Waals surface area (Å²) < 4.78 is 0. The minimum atomic E-state index is 0.811. The zero-order valence-electron chi connectivity index (χ0n) is 9.33. The van der Waals surface area contributed by atoms with Crippen molar-refractivity contribution in [1.29, 1.82) is 0 Å². The maximum atomic E-state index is 3.48. The highest BCUT2D eigenvalue weighted by Crippen LogP contribution is 2.31. The lowest BCUT2D eigenvalue weighted by molar-refractivity contribution is 0.152. The molecule has 3 heteroatoms. The Balaban J connectivity index is 1.96. The number of rotatable bonds is 3. The van der Waals surface area contributed by atoms with Gasteiger partial charge in [0.2, 0.25) is 0 Å². The molecule has 2 saturated heterocycles. The summed E-state index contributed by atoms with van der Waals surface area (Å²) in [5, 5.41) is 4.32. The summed E-state index contributed by atoms with van der Waals surface area (Å²) in [4.78, 5) is 2.74. The molecule has 3 atom stereocenters. The number of thioether (sulfide) groups is 1. The quantitative estimate of drug-likeness (QED) is 0.767. The normalized spacial score (nSPS) is 38.4. The van der Waals surface area contributed by atoms with Crippen LogP contribution in [0.2, 0.25) is 0 Å². The average molecular weight is 214 g/mol. The maximum absolute atomic E-state index is 3.48. The number of nitrogens with one attached hydrogen (secondary N) is 1. The molecule has 0 amide bonds. The summed E-state index contributed by atoms with van der Waals surface area (Å²) in [6.07, 6.45) is 2.75. The predicted molar refractivity (Wildman–Crippen MR) is 64.0 cm³/mol. The van der Waals surface area contributed by atoms with E-state index in [1.54, 1.807) is 0 Å². The van der Waals surface area contributed by atoms with Crippen molar-refractivity contribution in [2.24, 2.45) is 0 Å². The SMILES string of the molecule is CCN(C1CCNC1)C1CCSC1C. The van der Waals surface area contributed by atoms with Crippen molar-refractivity contribution >= 4 is 11.8 Å². The molecule has 0 aromatic rings. The van der Waals surface area contributed by atoms with Crippen LogP contribution in [0, 0.1) is 0 Å². The van der Waals surface area contributed by atoms with Gasteiger partial charge in [0.25, 0.3) is 0 Å². The lowest BCUT2D eigenvalue weighted by Gasteiger charge is -2.34. The third kappa shape index (κ3) is 2.10. The molecular weight excluding hydrogens is 192 g/mol. The molecule has 82 valence electrons. The van der Waals surface area contributed by atoms with Gasteiger partial charge < -0.3 is 5.32 Å². The Labute approximate surface area is 91.8 Å². The van der Waals surface area contributed by atoms with Crippen molar-refractivity contribution in [3.05, 3.63) is 0 Å². The third-order valence-electron chi connectivity index (χ3n) is 3.63. The van der Waals surface area contributed by atoms with Crippen LogP contribution in [0.3, 0.4) is 0 Å². The van der Waals surface area contributed by atoms with Crippen molar-refractivity contribution < 1.29 is 0 Å². The zero-order chi connectivity index (χ0) is 9.97. The second kappa shape index (κ2) is 4.86. The third-order valence-corrected chi connectivity index (χ3v) is 4.94. The van der Waals surface area contributed by atoms with E-state index in [0.29, 0.717) is 0 Å². The summed E-state index contributed by atoms with van der Waals surface area (Å²) in [7, 11) is 0. The first-order chi connectivity index (χ1) is 6.83. The minimum absolute atomic E-state index is 0.811. The molecule has 1 N–H and O–H groups in total. The van der Waals surface area contributed by atoms with Crippen molar-refractivity contribution in [3.8, 4) is 0 Å². The first kappa shape index (κ1) is 10.8. The van der Waals surface area contributed by atoms with E-state index >= 15 is 0 Å². The fraction of sp³-hybridized carbons (Fsp3) is 1.00. The molecule has 0 bridgehead atoms. The molecule has 2 aliphatic heterocycles. The van der Waals surface area contributed by atoms with Gasteiger partial charge in [0.1, 0.15) is 0 Å². The number of hydrogen-bond acceptors (Lipinski definition) is 3. The van der Waals surface area contributed by atoms with Crippen LogP contribution in [0.15, 0.2) is 0 Å².